The summed E-state index contributed by atoms with van der Waals surface area (Å²) in [7, 11) is -4.09. The molecule has 1 aromatic carbocycles. The lowest BCUT2D eigenvalue weighted by Gasteiger charge is -2.43. The number of carbonyl (C=O) groups is 3. The largest absolute Gasteiger partial charge is 0.340 e. The molecule has 11 nitrogen and oxygen atoms in total. The Labute approximate surface area is 231 Å². The van der Waals surface area contributed by atoms with Crippen LogP contribution in [0.5, 0.6) is 0 Å². The number of carbonyl (C=O) groups excluding carboxylic acids is 3. The van der Waals surface area contributed by atoms with Gasteiger partial charge in [-0.1, -0.05) is 17.7 Å². The minimum atomic E-state index is -4.09. The standard InChI is InChI=1S/C26H30ClN5O6S/c1-16(33)28-21-8-7-19(11-20(21)27)39(37,38)29-22-4-3-9-30(26(22)36)15-25(35)31-12-17-10-18(14-31)23-5-2-6-24(34)32(23)13-17/h2,5-8,11,17-18,22,29H,3-4,9-10,12-15H2,1H3,(H,28,33)/t17-,18?,22-/m0/s1. The highest BCUT2D eigenvalue weighted by molar-refractivity contribution is 7.89. The van der Waals surface area contributed by atoms with Crippen LogP contribution < -0.4 is 15.6 Å². The van der Waals surface area contributed by atoms with Gasteiger partial charge >= 0.3 is 0 Å². The summed E-state index contributed by atoms with van der Waals surface area (Å²) in [5, 5.41) is 2.56. The van der Waals surface area contributed by atoms with Crippen molar-refractivity contribution >= 4 is 45.0 Å². The summed E-state index contributed by atoms with van der Waals surface area (Å²) in [6, 6.07) is 8.11. The first-order chi connectivity index (χ1) is 18.5. The Bertz CT molecular complexity index is 1490. The molecule has 2 aromatic rings. The number of pyridine rings is 1. The summed E-state index contributed by atoms with van der Waals surface area (Å²) in [5.41, 5.74) is 1.18. The van der Waals surface area contributed by atoms with Gasteiger partial charge in [0.05, 0.1) is 22.2 Å². The third-order valence-corrected chi connectivity index (χ3v) is 9.33. The number of nitrogens with zero attached hydrogens (tertiary/aromatic N) is 3. The molecule has 208 valence electrons. The summed E-state index contributed by atoms with van der Waals surface area (Å²) in [5.74, 6) is -0.750. The van der Waals surface area contributed by atoms with Gasteiger partial charge < -0.3 is 19.7 Å². The fourth-order valence-corrected chi connectivity index (χ4v) is 7.32. The van der Waals surface area contributed by atoms with Gasteiger partial charge in [0, 0.05) is 50.8 Å². The molecule has 2 saturated heterocycles. The molecular weight excluding hydrogens is 546 g/mol. The first kappa shape index (κ1) is 27.4. The Hall–Kier alpha value is -3.22. The van der Waals surface area contributed by atoms with Gasteiger partial charge in [-0.2, -0.15) is 4.72 Å². The summed E-state index contributed by atoms with van der Waals surface area (Å²) in [4.78, 5) is 53.1. The van der Waals surface area contributed by atoms with E-state index in [-0.39, 0.29) is 51.4 Å². The normalized spacial score (nSPS) is 22.8. The van der Waals surface area contributed by atoms with Crippen molar-refractivity contribution in [2.45, 2.75) is 49.6 Å². The highest BCUT2D eigenvalue weighted by Gasteiger charge is 2.38. The average molecular weight is 576 g/mol. The Kier molecular flexibility index (Phi) is 7.53. The molecule has 0 aliphatic carbocycles. The molecule has 3 atom stereocenters. The fraction of sp³-hybridized carbons (Fsp3) is 0.462. The minimum absolute atomic E-state index is 0.0275. The van der Waals surface area contributed by atoms with Gasteiger partial charge in [0.1, 0.15) is 6.04 Å². The third kappa shape index (κ3) is 5.73. The number of benzene rings is 1. The molecule has 5 rings (SSSR count). The van der Waals surface area contributed by atoms with Crippen LogP contribution >= 0.6 is 11.6 Å². The lowest BCUT2D eigenvalue weighted by atomic mass is 9.83. The lowest BCUT2D eigenvalue weighted by molar-refractivity contribution is -0.144. The molecule has 2 bridgehead atoms. The minimum Gasteiger partial charge on any atom is -0.340 e. The maximum absolute atomic E-state index is 13.3. The molecule has 4 heterocycles. The Morgan fingerprint density at radius 2 is 1.90 bits per heavy atom. The van der Waals surface area contributed by atoms with E-state index in [1.165, 1.54) is 30.0 Å². The maximum Gasteiger partial charge on any atom is 0.250 e. The number of hydrogen-bond donors (Lipinski definition) is 2. The van der Waals surface area contributed by atoms with Crippen LogP contribution in [-0.2, 0) is 31.0 Å². The Morgan fingerprint density at radius 1 is 1.10 bits per heavy atom. The highest BCUT2D eigenvalue weighted by atomic mass is 35.5. The number of sulfonamides is 1. The number of anilines is 1. The van der Waals surface area contributed by atoms with Gasteiger partial charge in [-0.25, -0.2) is 8.42 Å². The van der Waals surface area contributed by atoms with E-state index in [0.717, 1.165) is 12.1 Å². The Morgan fingerprint density at radius 3 is 2.64 bits per heavy atom. The number of halogens is 1. The number of amides is 3. The van der Waals surface area contributed by atoms with E-state index in [9.17, 15) is 27.6 Å². The predicted octanol–water partition coefficient (Wildman–Crippen LogP) is 1.38. The van der Waals surface area contributed by atoms with Gasteiger partial charge in [-0.15, -0.1) is 0 Å². The average Bonchev–Trinajstić information content (AvgIpc) is 2.88. The fourth-order valence-electron chi connectivity index (χ4n) is 5.78. The van der Waals surface area contributed by atoms with E-state index < -0.39 is 22.0 Å². The van der Waals surface area contributed by atoms with Crippen molar-refractivity contribution in [3.8, 4) is 0 Å². The van der Waals surface area contributed by atoms with Crippen LogP contribution in [-0.4, -0.2) is 72.7 Å². The van der Waals surface area contributed by atoms with Crippen LogP contribution in [0.4, 0.5) is 5.69 Å². The molecule has 3 amide bonds. The SMILES string of the molecule is CC(=O)Nc1ccc(S(=O)(=O)N[C@H]2CCCN(CC(=O)N3CC4C[C@@H](C3)Cn3c4cccc3=O)C2=O)cc1Cl. The maximum atomic E-state index is 13.3. The van der Waals surface area contributed by atoms with Gasteiger partial charge in [-0.05, 0) is 49.4 Å². The van der Waals surface area contributed by atoms with Crippen molar-refractivity contribution in [2.24, 2.45) is 5.92 Å². The summed E-state index contributed by atoms with van der Waals surface area (Å²) >= 11 is 6.13. The van der Waals surface area contributed by atoms with Crippen molar-refractivity contribution in [2.75, 3.05) is 31.5 Å². The molecular formula is C26H30ClN5O6S. The highest BCUT2D eigenvalue weighted by Crippen LogP contribution is 2.35. The van der Waals surface area contributed by atoms with Crippen molar-refractivity contribution in [3.05, 3.63) is 57.5 Å². The van der Waals surface area contributed by atoms with E-state index in [2.05, 4.69) is 10.0 Å². The van der Waals surface area contributed by atoms with Crippen LogP contribution in [0.3, 0.4) is 0 Å². The molecule has 39 heavy (non-hydrogen) atoms. The quantitative estimate of drug-likeness (QED) is 0.534. The summed E-state index contributed by atoms with van der Waals surface area (Å²) in [6.45, 7) is 3.10. The number of hydrogen-bond acceptors (Lipinski definition) is 6. The zero-order valence-electron chi connectivity index (χ0n) is 21.4. The van der Waals surface area contributed by atoms with Crippen molar-refractivity contribution < 1.29 is 22.8 Å². The van der Waals surface area contributed by atoms with Gasteiger partial charge in [0.15, 0.2) is 0 Å². The van der Waals surface area contributed by atoms with Crippen LogP contribution in [0.2, 0.25) is 5.02 Å². The van der Waals surface area contributed by atoms with E-state index in [4.69, 9.17) is 11.6 Å². The number of aromatic nitrogens is 1. The number of rotatable bonds is 6. The second-order valence-electron chi connectivity index (χ2n) is 10.4. The van der Waals surface area contributed by atoms with Crippen molar-refractivity contribution in [1.29, 1.82) is 0 Å². The molecule has 3 aliphatic heterocycles. The third-order valence-electron chi connectivity index (χ3n) is 7.55. The molecule has 3 aliphatic rings. The molecule has 1 unspecified atom stereocenters. The van der Waals surface area contributed by atoms with E-state index in [1.807, 2.05) is 6.07 Å². The van der Waals surface area contributed by atoms with Gasteiger partial charge in [-0.3, -0.25) is 19.2 Å². The van der Waals surface area contributed by atoms with Gasteiger partial charge in [0.25, 0.3) is 5.56 Å². The molecule has 0 saturated carbocycles. The summed E-state index contributed by atoms with van der Waals surface area (Å²) in [6.07, 6.45) is 1.76. The van der Waals surface area contributed by atoms with Gasteiger partial charge in [0.2, 0.25) is 27.7 Å². The monoisotopic (exact) mass is 575 g/mol. The first-order valence-corrected chi connectivity index (χ1v) is 14.7. The molecule has 0 radical (unpaired) electrons. The van der Waals surface area contributed by atoms with Crippen molar-refractivity contribution in [3.63, 3.8) is 0 Å². The second-order valence-corrected chi connectivity index (χ2v) is 12.5. The molecule has 1 aromatic heterocycles. The predicted molar refractivity (Wildman–Crippen MR) is 144 cm³/mol. The van der Waals surface area contributed by atoms with Crippen LogP contribution in [0, 0.1) is 5.92 Å². The van der Waals surface area contributed by atoms with Crippen LogP contribution in [0.1, 0.15) is 37.8 Å². The van der Waals surface area contributed by atoms with E-state index >= 15 is 0 Å². The number of nitrogens with one attached hydrogen (secondary N) is 2. The van der Waals surface area contributed by atoms with Crippen LogP contribution in [0.15, 0.2) is 46.1 Å². The zero-order valence-corrected chi connectivity index (χ0v) is 23.0. The number of fused-ring (bicyclic) bond motifs is 4. The second kappa shape index (κ2) is 10.7. The molecule has 2 fully saturated rings. The Balaban J connectivity index is 1.23. The molecule has 13 heteroatoms. The topological polar surface area (TPSA) is 138 Å². The van der Waals surface area contributed by atoms with E-state index in [0.29, 0.717) is 39.0 Å². The first-order valence-electron chi connectivity index (χ1n) is 12.9. The van der Waals surface area contributed by atoms with Crippen molar-refractivity contribution in [1.82, 2.24) is 19.1 Å². The van der Waals surface area contributed by atoms with E-state index in [1.54, 1.807) is 21.6 Å². The number of piperidine rings is 2. The van der Waals surface area contributed by atoms with Crippen LogP contribution in [0.25, 0.3) is 0 Å². The molecule has 2 N–H and O–H groups in total. The smallest absolute Gasteiger partial charge is 0.250 e. The number of likely N-dealkylation sites (tertiary alicyclic amines) is 2. The summed E-state index contributed by atoms with van der Waals surface area (Å²) < 4.78 is 30.3. The molecule has 0 spiro atoms. The zero-order chi connectivity index (χ0) is 27.9. The lowest BCUT2D eigenvalue weighted by Crippen LogP contribution is -2.56.